The molecule has 0 bridgehead atoms. The van der Waals surface area contributed by atoms with Crippen LogP contribution in [0.15, 0.2) is 18.2 Å². The highest BCUT2D eigenvalue weighted by Gasteiger charge is 2.31. The van der Waals surface area contributed by atoms with E-state index in [1.54, 1.807) is 16.8 Å². The molecule has 4 rings (SSSR count). The van der Waals surface area contributed by atoms with Crippen molar-refractivity contribution in [2.45, 2.75) is 44.9 Å². The van der Waals surface area contributed by atoms with Crippen LogP contribution < -0.4 is 5.32 Å². The zero-order valence-electron chi connectivity index (χ0n) is 13.6. The number of hydrogen-bond donors (Lipinski definition) is 1. The summed E-state index contributed by atoms with van der Waals surface area (Å²) in [6, 6.07) is 4.56. The minimum absolute atomic E-state index is 0.149. The first-order valence-electron chi connectivity index (χ1n) is 8.50. The summed E-state index contributed by atoms with van der Waals surface area (Å²) in [6.07, 6.45) is 4.96. The first-order chi connectivity index (χ1) is 11.6. The third-order valence-electron chi connectivity index (χ3n) is 4.84. The van der Waals surface area contributed by atoms with Crippen LogP contribution in [0.5, 0.6) is 0 Å². The maximum atomic E-state index is 14.1. The van der Waals surface area contributed by atoms with E-state index in [4.69, 9.17) is 0 Å². The van der Waals surface area contributed by atoms with Crippen molar-refractivity contribution in [1.82, 2.24) is 20.2 Å². The van der Waals surface area contributed by atoms with Crippen molar-refractivity contribution in [2.24, 2.45) is 11.8 Å². The van der Waals surface area contributed by atoms with Gasteiger partial charge >= 0.3 is 0 Å². The van der Waals surface area contributed by atoms with Gasteiger partial charge in [-0.2, -0.15) is 4.68 Å². The molecule has 0 spiro atoms. The molecule has 1 heterocycles. The molecular weight excluding hydrogens is 309 g/mol. The molecule has 2 saturated carbocycles. The number of aromatic nitrogens is 4. The van der Waals surface area contributed by atoms with Crippen molar-refractivity contribution < 1.29 is 9.18 Å². The fourth-order valence-electron chi connectivity index (χ4n) is 3.04. The van der Waals surface area contributed by atoms with Gasteiger partial charge in [0.05, 0.1) is 11.4 Å². The molecule has 1 aromatic carbocycles. The van der Waals surface area contributed by atoms with Gasteiger partial charge in [-0.15, -0.1) is 5.10 Å². The van der Waals surface area contributed by atoms with Crippen molar-refractivity contribution in [2.75, 3.05) is 5.32 Å². The Morgan fingerprint density at radius 3 is 2.88 bits per heavy atom. The fourth-order valence-corrected chi connectivity index (χ4v) is 3.04. The van der Waals surface area contributed by atoms with Gasteiger partial charge in [0.1, 0.15) is 5.82 Å². The molecule has 2 fully saturated rings. The van der Waals surface area contributed by atoms with Crippen LogP contribution in [-0.4, -0.2) is 26.1 Å². The van der Waals surface area contributed by atoms with Gasteiger partial charge in [0, 0.05) is 12.3 Å². The van der Waals surface area contributed by atoms with E-state index < -0.39 is 5.82 Å². The number of carbonyl (C=O) groups is 1. The Balaban J connectivity index is 1.52. The second-order valence-corrected chi connectivity index (χ2v) is 6.95. The number of nitrogens with zero attached hydrogens (tertiary/aromatic N) is 4. The molecule has 0 saturated heterocycles. The third-order valence-corrected chi connectivity index (χ3v) is 4.84. The van der Waals surface area contributed by atoms with Crippen molar-refractivity contribution in [3.63, 3.8) is 0 Å². The standard InChI is InChI=1S/C17H20FN5O/c1-10(11-2-3-11)8-16(24)19-15-9-13(6-7-14(15)18)23-17(12-4-5-12)20-21-22-23/h6-7,9-12H,2-5,8H2,1H3,(H,19,24). The van der Waals surface area contributed by atoms with Gasteiger partial charge < -0.3 is 5.32 Å². The summed E-state index contributed by atoms with van der Waals surface area (Å²) >= 11 is 0. The number of hydrogen-bond acceptors (Lipinski definition) is 4. The smallest absolute Gasteiger partial charge is 0.224 e. The lowest BCUT2D eigenvalue weighted by molar-refractivity contribution is -0.117. The first kappa shape index (κ1) is 15.2. The van der Waals surface area contributed by atoms with Gasteiger partial charge in [0.25, 0.3) is 0 Å². The van der Waals surface area contributed by atoms with Gasteiger partial charge in [-0.25, -0.2) is 4.39 Å². The quantitative estimate of drug-likeness (QED) is 0.884. The molecule has 6 nitrogen and oxygen atoms in total. The highest BCUT2D eigenvalue weighted by Crippen LogP contribution is 2.39. The number of nitrogens with one attached hydrogen (secondary N) is 1. The molecule has 2 aromatic rings. The van der Waals surface area contributed by atoms with Crippen LogP contribution in [0.2, 0.25) is 0 Å². The molecule has 126 valence electrons. The average molecular weight is 329 g/mol. The van der Waals surface area contributed by atoms with Crippen LogP contribution in [0.1, 0.15) is 50.8 Å². The highest BCUT2D eigenvalue weighted by molar-refractivity contribution is 5.91. The molecule has 1 amide bonds. The molecular formula is C17H20FN5O. The molecule has 1 atom stereocenters. The van der Waals surface area contributed by atoms with E-state index in [0.717, 1.165) is 18.7 Å². The van der Waals surface area contributed by atoms with Crippen LogP contribution in [0.25, 0.3) is 5.69 Å². The summed E-state index contributed by atoms with van der Waals surface area (Å²) in [4.78, 5) is 12.2. The van der Waals surface area contributed by atoms with Crippen LogP contribution in [-0.2, 0) is 4.79 Å². The second-order valence-electron chi connectivity index (χ2n) is 6.95. The second kappa shape index (κ2) is 5.96. The predicted octanol–water partition coefficient (Wildman–Crippen LogP) is 3.05. The average Bonchev–Trinajstić information content (AvgIpc) is 3.47. The summed E-state index contributed by atoms with van der Waals surface area (Å²) in [6.45, 7) is 2.08. The van der Waals surface area contributed by atoms with E-state index in [1.807, 2.05) is 0 Å². The topological polar surface area (TPSA) is 72.7 Å². The number of anilines is 1. The van der Waals surface area contributed by atoms with Crippen LogP contribution in [0.3, 0.4) is 0 Å². The maximum absolute atomic E-state index is 14.1. The van der Waals surface area contributed by atoms with Crippen LogP contribution >= 0.6 is 0 Å². The summed E-state index contributed by atoms with van der Waals surface area (Å²) in [5, 5.41) is 14.5. The highest BCUT2D eigenvalue weighted by atomic mass is 19.1. The van der Waals surface area contributed by atoms with E-state index in [0.29, 0.717) is 29.9 Å². The molecule has 0 aliphatic heterocycles. The summed E-state index contributed by atoms with van der Waals surface area (Å²) in [5.74, 6) is 1.56. The van der Waals surface area contributed by atoms with Crippen molar-refractivity contribution >= 4 is 11.6 Å². The zero-order valence-corrected chi connectivity index (χ0v) is 13.6. The Labute approximate surface area is 139 Å². The molecule has 24 heavy (non-hydrogen) atoms. The lowest BCUT2D eigenvalue weighted by Crippen LogP contribution is -2.17. The Morgan fingerprint density at radius 2 is 2.17 bits per heavy atom. The van der Waals surface area contributed by atoms with Gasteiger partial charge in [0.2, 0.25) is 5.91 Å². The van der Waals surface area contributed by atoms with Crippen molar-refractivity contribution in [3.05, 3.63) is 29.8 Å². The molecule has 2 aliphatic carbocycles. The number of halogens is 1. The van der Waals surface area contributed by atoms with Crippen LogP contribution in [0, 0.1) is 17.7 Å². The molecule has 1 N–H and O–H groups in total. The maximum Gasteiger partial charge on any atom is 0.224 e. The number of benzene rings is 1. The largest absolute Gasteiger partial charge is 0.324 e. The summed E-state index contributed by atoms with van der Waals surface area (Å²) in [7, 11) is 0. The van der Waals surface area contributed by atoms with Gasteiger partial charge in [0.15, 0.2) is 5.82 Å². The Morgan fingerprint density at radius 1 is 1.38 bits per heavy atom. The fraction of sp³-hybridized carbons (Fsp3) is 0.529. The number of rotatable bonds is 6. The van der Waals surface area contributed by atoms with Crippen LogP contribution in [0.4, 0.5) is 10.1 Å². The minimum Gasteiger partial charge on any atom is -0.324 e. The predicted molar refractivity (Wildman–Crippen MR) is 86.2 cm³/mol. The Kier molecular flexibility index (Phi) is 3.78. The van der Waals surface area contributed by atoms with Crippen molar-refractivity contribution in [1.29, 1.82) is 0 Å². The Hall–Kier alpha value is -2.31. The lowest BCUT2D eigenvalue weighted by Gasteiger charge is -2.12. The van der Waals surface area contributed by atoms with E-state index in [1.165, 1.54) is 18.9 Å². The lowest BCUT2D eigenvalue weighted by atomic mass is 10.0. The number of carbonyl (C=O) groups excluding carboxylic acids is 1. The molecule has 7 heteroatoms. The van der Waals surface area contributed by atoms with E-state index in [9.17, 15) is 9.18 Å². The number of amides is 1. The summed E-state index contributed by atoms with van der Waals surface area (Å²) < 4.78 is 15.7. The van der Waals surface area contributed by atoms with Gasteiger partial charge in [-0.3, -0.25) is 4.79 Å². The van der Waals surface area contributed by atoms with Gasteiger partial charge in [-0.1, -0.05) is 6.92 Å². The monoisotopic (exact) mass is 329 g/mol. The number of tetrazole rings is 1. The van der Waals surface area contributed by atoms with Crippen molar-refractivity contribution in [3.8, 4) is 5.69 Å². The molecule has 0 radical (unpaired) electrons. The normalized spacial score (nSPS) is 18.4. The third kappa shape index (κ3) is 3.16. The molecule has 2 aliphatic rings. The first-order valence-corrected chi connectivity index (χ1v) is 8.50. The van der Waals surface area contributed by atoms with E-state index in [-0.39, 0.29) is 11.6 Å². The van der Waals surface area contributed by atoms with Gasteiger partial charge in [-0.05, 0) is 66.1 Å². The zero-order chi connectivity index (χ0) is 16.7. The van der Waals surface area contributed by atoms with E-state index in [2.05, 4.69) is 27.8 Å². The minimum atomic E-state index is -0.452. The molecule has 1 aromatic heterocycles. The Bertz CT molecular complexity index is 766. The SMILES string of the molecule is CC(CC(=O)Nc1cc(-n2nnnc2C2CC2)ccc1F)C1CC1. The summed E-state index contributed by atoms with van der Waals surface area (Å²) in [5.41, 5.74) is 0.839. The molecule has 1 unspecified atom stereocenters. The van der Waals surface area contributed by atoms with E-state index >= 15 is 0 Å².